The number of ketones is 1. The Morgan fingerprint density at radius 1 is 1.10 bits per heavy atom. The molecule has 1 saturated heterocycles. The number of thiazole rings is 1. The van der Waals surface area contributed by atoms with E-state index in [0.29, 0.717) is 28.4 Å². The second kappa shape index (κ2) is 8.45. The number of piperidine rings is 1. The summed E-state index contributed by atoms with van der Waals surface area (Å²) in [5.74, 6) is -1.48. The van der Waals surface area contributed by atoms with Crippen LogP contribution < -0.4 is 11.1 Å². The summed E-state index contributed by atoms with van der Waals surface area (Å²) >= 11 is 1.25. The highest BCUT2D eigenvalue weighted by atomic mass is 32.1. The van der Waals surface area contributed by atoms with Gasteiger partial charge in [-0.15, -0.1) is 11.3 Å². The van der Waals surface area contributed by atoms with Crippen molar-refractivity contribution in [1.82, 2.24) is 10.3 Å². The quantitative estimate of drug-likeness (QED) is 0.588. The van der Waals surface area contributed by atoms with Crippen molar-refractivity contribution in [3.63, 3.8) is 0 Å². The maximum Gasteiger partial charge on any atom is 0.238 e. The summed E-state index contributed by atoms with van der Waals surface area (Å²) in [7, 11) is 0. The van der Waals surface area contributed by atoms with E-state index in [2.05, 4.69) is 10.3 Å². The van der Waals surface area contributed by atoms with E-state index in [1.807, 2.05) is 30.3 Å². The van der Waals surface area contributed by atoms with Crippen LogP contribution in [0.2, 0.25) is 0 Å². The lowest BCUT2D eigenvalue weighted by Crippen LogP contribution is -2.59. The molecular weight excluding hydrogens is 401 g/mol. The zero-order valence-corrected chi connectivity index (χ0v) is 17.0. The van der Waals surface area contributed by atoms with Crippen LogP contribution in [-0.2, 0) is 4.79 Å². The van der Waals surface area contributed by atoms with E-state index in [0.717, 1.165) is 18.4 Å². The number of nitrogens with zero attached hydrogens (tertiary/aromatic N) is 1. The molecule has 30 heavy (non-hydrogen) atoms. The first-order chi connectivity index (χ1) is 14.5. The number of aromatic nitrogens is 1. The Morgan fingerprint density at radius 2 is 1.83 bits per heavy atom. The van der Waals surface area contributed by atoms with Gasteiger partial charge in [-0.1, -0.05) is 48.5 Å². The van der Waals surface area contributed by atoms with Crippen LogP contribution in [0.15, 0.2) is 54.6 Å². The van der Waals surface area contributed by atoms with Gasteiger partial charge in [-0.2, -0.15) is 0 Å². The summed E-state index contributed by atoms with van der Waals surface area (Å²) in [6.07, 6.45) is 3.46. The molecular formula is C23H21FN3O2S. The summed E-state index contributed by atoms with van der Waals surface area (Å²) in [4.78, 5) is 30.4. The minimum atomic E-state index is -1.21. The molecule has 5 nitrogen and oxygen atoms in total. The number of nitrogens with one attached hydrogen (secondary N) is 1. The number of primary amides is 1. The molecule has 7 heteroatoms. The summed E-state index contributed by atoms with van der Waals surface area (Å²) in [5.41, 5.74) is 5.68. The predicted molar refractivity (Wildman–Crippen MR) is 115 cm³/mol. The first kappa shape index (κ1) is 20.4. The van der Waals surface area contributed by atoms with Gasteiger partial charge in [-0.05, 0) is 31.9 Å². The smallest absolute Gasteiger partial charge is 0.238 e. The van der Waals surface area contributed by atoms with Gasteiger partial charge in [-0.3, -0.25) is 9.59 Å². The summed E-state index contributed by atoms with van der Waals surface area (Å²) in [6, 6.07) is 15.7. The predicted octanol–water partition coefficient (Wildman–Crippen LogP) is 4.00. The van der Waals surface area contributed by atoms with Crippen LogP contribution in [0, 0.1) is 12.2 Å². The number of rotatable bonds is 6. The Morgan fingerprint density at radius 3 is 2.50 bits per heavy atom. The van der Waals surface area contributed by atoms with Crippen LogP contribution in [-0.4, -0.2) is 28.8 Å². The van der Waals surface area contributed by atoms with Gasteiger partial charge in [0.05, 0.1) is 11.3 Å². The van der Waals surface area contributed by atoms with Crippen molar-refractivity contribution < 1.29 is 14.0 Å². The SMILES string of the molecule is NC(=O)C1([CH]C(=O)c2nc(-c3ccccc3)sc2-c2ccccc2F)CCCCN1. The molecule has 0 saturated carbocycles. The van der Waals surface area contributed by atoms with Gasteiger partial charge in [0.25, 0.3) is 0 Å². The van der Waals surface area contributed by atoms with Gasteiger partial charge in [0, 0.05) is 11.1 Å². The van der Waals surface area contributed by atoms with E-state index < -0.39 is 23.0 Å². The average molecular weight is 423 g/mol. The fraction of sp³-hybridized carbons (Fsp3) is 0.217. The van der Waals surface area contributed by atoms with Crippen LogP contribution >= 0.6 is 11.3 Å². The number of benzene rings is 2. The first-order valence-electron chi connectivity index (χ1n) is 9.76. The third-order valence-corrected chi connectivity index (χ3v) is 6.39. The van der Waals surface area contributed by atoms with Gasteiger partial charge < -0.3 is 11.1 Å². The van der Waals surface area contributed by atoms with Crippen molar-refractivity contribution in [2.24, 2.45) is 5.73 Å². The van der Waals surface area contributed by atoms with E-state index >= 15 is 0 Å². The van der Waals surface area contributed by atoms with Crippen molar-refractivity contribution >= 4 is 23.0 Å². The first-order valence-corrected chi connectivity index (χ1v) is 10.6. The lowest BCUT2D eigenvalue weighted by Gasteiger charge is -2.34. The molecule has 3 aromatic rings. The molecule has 0 aliphatic carbocycles. The summed E-state index contributed by atoms with van der Waals surface area (Å²) in [5, 5.41) is 3.70. The molecule has 1 unspecified atom stereocenters. The fourth-order valence-corrected chi connectivity index (χ4v) is 4.75. The zero-order valence-electron chi connectivity index (χ0n) is 16.2. The van der Waals surface area contributed by atoms with Crippen molar-refractivity contribution in [2.75, 3.05) is 6.54 Å². The Hall–Kier alpha value is -2.90. The highest BCUT2D eigenvalue weighted by molar-refractivity contribution is 7.18. The van der Waals surface area contributed by atoms with Crippen LogP contribution in [0.3, 0.4) is 0 Å². The Bertz CT molecular complexity index is 1080. The van der Waals surface area contributed by atoms with E-state index in [4.69, 9.17) is 5.73 Å². The number of nitrogens with two attached hydrogens (primary N) is 1. The van der Waals surface area contributed by atoms with Crippen molar-refractivity contribution in [1.29, 1.82) is 0 Å². The zero-order chi connectivity index (χ0) is 21.1. The molecule has 1 radical (unpaired) electrons. The number of carbonyl (C=O) groups excluding carboxylic acids is 2. The largest absolute Gasteiger partial charge is 0.368 e. The molecule has 3 N–H and O–H groups in total. The van der Waals surface area contributed by atoms with Crippen LogP contribution in [0.4, 0.5) is 4.39 Å². The second-order valence-electron chi connectivity index (χ2n) is 7.27. The molecule has 0 bridgehead atoms. The molecule has 1 atom stereocenters. The molecule has 0 spiro atoms. The number of amides is 1. The van der Waals surface area contributed by atoms with Crippen molar-refractivity contribution in [3.8, 4) is 21.0 Å². The molecule has 1 aliphatic heterocycles. The lowest BCUT2D eigenvalue weighted by molar-refractivity contribution is -0.123. The maximum absolute atomic E-state index is 14.6. The number of carbonyl (C=O) groups is 2. The summed E-state index contributed by atoms with van der Waals surface area (Å²) < 4.78 is 14.6. The number of hydrogen-bond acceptors (Lipinski definition) is 5. The lowest BCUT2D eigenvalue weighted by atomic mass is 9.83. The molecule has 2 heterocycles. The van der Waals surface area contributed by atoms with E-state index in [1.165, 1.54) is 23.8 Å². The van der Waals surface area contributed by atoms with Gasteiger partial charge in [0.15, 0.2) is 5.78 Å². The van der Waals surface area contributed by atoms with E-state index in [-0.39, 0.29) is 5.69 Å². The van der Waals surface area contributed by atoms with E-state index in [9.17, 15) is 14.0 Å². The molecule has 1 amide bonds. The number of hydrogen-bond donors (Lipinski definition) is 2. The van der Waals surface area contributed by atoms with Gasteiger partial charge in [0.2, 0.25) is 5.91 Å². The Balaban J connectivity index is 1.78. The molecule has 1 fully saturated rings. The summed E-state index contributed by atoms with van der Waals surface area (Å²) in [6.45, 7) is 0.596. The third kappa shape index (κ3) is 3.91. The average Bonchev–Trinajstić information content (AvgIpc) is 3.21. The molecule has 1 aliphatic rings. The van der Waals surface area contributed by atoms with E-state index in [1.54, 1.807) is 18.2 Å². The molecule has 2 aromatic carbocycles. The fourth-order valence-electron chi connectivity index (χ4n) is 3.64. The van der Waals surface area contributed by atoms with Gasteiger partial charge in [0.1, 0.15) is 22.1 Å². The highest BCUT2D eigenvalue weighted by Gasteiger charge is 2.41. The maximum atomic E-state index is 14.6. The Kier molecular flexibility index (Phi) is 5.74. The highest BCUT2D eigenvalue weighted by Crippen LogP contribution is 2.38. The number of halogens is 1. The van der Waals surface area contributed by atoms with Crippen LogP contribution in [0.1, 0.15) is 29.8 Å². The minimum absolute atomic E-state index is 0.122. The second-order valence-corrected chi connectivity index (χ2v) is 8.27. The van der Waals surface area contributed by atoms with Gasteiger partial charge >= 0.3 is 0 Å². The molecule has 153 valence electrons. The standard InChI is InChI=1S/C23H21FN3O2S/c24-17-11-5-4-10-16(17)20-19(27-21(30-20)15-8-2-1-3-9-15)18(28)14-23(22(25)29)12-6-7-13-26-23/h1-5,8-11,14,26H,6-7,12-13H2,(H2,25,29). The third-order valence-electron chi connectivity index (χ3n) is 5.26. The number of Topliss-reactive ketones (excluding diaryl/α,β-unsaturated/α-hetero) is 1. The van der Waals surface area contributed by atoms with Crippen molar-refractivity contribution in [3.05, 3.63) is 72.5 Å². The molecule has 4 rings (SSSR count). The monoisotopic (exact) mass is 422 g/mol. The van der Waals surface area contributed by atoms with Crippen LogP contribution in [0.5, 0.6) is 0 Å². The molecule has 1 aromatic heterocycles. The van der Waals surface area contributed by atoms with Gasteiger partial charge in [-0.25, -0.2) is 9.37 Å². The van der Waals surface area contributed by atoms with Crippen LogP contribution in [0.25, 0.3) is 21.0 Å². The normalized spacial score (nSPS) is 18.8. The Labute approximate surface area is 178 Å². The minimum Gasteiger partial charge on any atom is -0.368 e. The topological polar surface area (TPSA) is 85.1 Å². The van der Waals surface area contributed by atoms with Crippen molar-refractivity contribution in [2.45, 2.75) is 24.8 Å².